The molecule has 1 unspecified atom stereocenters. The third kappa shape index (κ3) is 7.69. The highest BCUT2D eigenvalue weighted by Gasteiger charge is 2.22. The summed E-state index contributed by atoms with van der Waals surface area (Å²) in [6.07, 6.45) is 3.63. The molecule has 1 atom stereocenters. The molecule has 0 amide bonds. The van der Waals surface area contributed by atoms with E-state index in [-0.39, 0.29) is 11.2 Å². The van der Waals surface area contributed by atoms with E-state index in [4.69, 9.17) is 9.47 Å². The lowest BCUT2D eigenvalue weighted by atomic mass is 10.0. The first-order chi connectivity index (χ1) is 10.3. The summed E-state index contributed by atoms with van der Waals surface area (Å²) in [5.74, 6) is 0. The minimum absolute atomic E-state index is 0.136. The van der Waals surface area contributed by atoms with Gasteiger partial charge in [0, 0.05) is 12.4 Å². The predicted molar refractivity (Wildman–Crippen MR) is 95.1 cm³/mol. The van der Waals surface area contributed by atoms with E-state index in [9.17, 15) is 4.89 Å². The molecule has 1 aromatic carbocycles. The van der Waals surface area contributed by atoms with Crippen molar-refractivity contribution in [2.24, 2.45) is 0 Å². The molecular formula is C18H31O3P. The zero-order valence-electron chi connectivity index (χ0n) is 14.6. The lowest BCUT2D eigenvalue weighted by Crippen LogP contribution is -2.30. The summed E-state index contributed by atoms with van der Waals surface area (Å²) >= 11 is 0. The second-order valence-corrected chi connectivity index (χ2v) is 8.65. The van der Waals surface area contributed by atoms with Crippen LogP contribution in [0.15, 0.2) is 30.3 Å². The van der Waals surface area contributed by atoms with Crippen LogP contribution in [-0.4, -0.2) is 36.0 Å². The maximum absolute atomic E-state index is 10.2. The van der Waals surface area contributed by atoms with Crippen LogP contribution in [0.5, 0.6) is 0 Å². The van der Waals surface area contributed by atoms with Crippen molar-refractivity contribution in [1.29, 1.82) is 0 Å². The molecule has 0 aromatic heterocycles. The summed E-state index contributed by atoms with van der Waals surface area (Å²) in [7, 11) is 0.696. The van der Waals surface area contributed by atoms with Gasteiger partial charge >= 0.3 is 0 Å². The Kier molecular flexibility index (Phi) is 7.99. The van der Waals surface area contributed by atoms with Crippen molar-refractivity contribution in [2.75, 3.05) is 19.9 Å². The van der Waals surface area contributed by atoms with E-state index < -0.39 is 8.15 Å². The first-order valence-corrected chi connectivity index (χ1v) is 9.44. The van der Waals surface area contributed by atoms with E-state index in [2.05, 4.69) is 27.7 Å². The van der Waals surface area contributed by atoms with E-state index in [0.29, 0.717) is 6.61 Å². The molecule has 0 radical (unpaired) electrons. The number of ether oxygens (including phenoxy) is 2. The van der Waals surface area contributed by atoms with Gasteiger partial charge in [0.05, 0.1) is 26.0 Å². The molecule has 4 heteroatoms. The Morgan fingerprint density at radius 1 is 1.00 bits per heavy atom. The van der Waals surface area contributed by atoms with Gasteiger partial charge < -0.3 is 14.4 Å². The minimum Gasteiger partial charge on any atom is -0.379 e. The largest absolute Gasteiger partial charge is 0.379 e. The monoisotopic (exact) mass is 326 g/mol. The van der Waals surface area contributed by atoms with Gasteiger partial charge in [-0.15, -0.1) is 0 Å². The Labute approximate surface area is 136 Å². The zero-order valence-corrected chi connectivity index (χ0v) is 15.5. The Hall–Kier alpha value is -0.470. The van der Waals surface area contributed by atoms with Crippen molar-refractivity contribution in [1.82, 2.24) is 0 Å². The van der Waals surface area contributed by atoms with Crippen LogP contribution in [0.25, 0.3) is 0 Å². The zero-order chi connectivity index (χ0) is 16.6. The van der Waals surface area contributed by atoms with Gasteiger partial charge in [0.1, 0.15) is 0 Å². The van der Waals surface area contributed by atoms with Crippen molar-refractivity contribution in [2.45, 2.75) is 58.2 Å². The summed E-state index contributed by atoms with van der Waals surface area (Å²) in [6.45, 7) is 9.08. The van der Waals surface area contributed by atoms with Gasteiger partial charge in [0.25, 0.3) is 0 Å². The van der Waals surface area contributed by atoms with Crippen LogP contribution in [-0.2, 0) is 9.47 Å². The maximum Gasteiger partial charge on any atom is 0.0644 e. The number of hydrogen-bond acceptors (Lipinski definition) is 3. The van der Waals surface area contributed by atoms with E-state index in [0.717, 1.165) is 30.7 Å². The van der Waals surface area contributed by atoms with Gasteiger partial charge in [0.15, 0.2) is 0 Å². The van der Waals surface area contributed by atoms with Crippen LogP contribution in [0.4, 0.5) is 0 Å². The first-order valence-electron chi connectivity index (χ1n) is 7.96. The molecule has 22 heavy (non-hydrogen) atoms. The third-order valence-corrected chi connectivity index (χ3v) is 5.59. The third-order valence-electron chi connectivity index (χ3n) is 3.95. The Morgan fingerprint density at radius 2 is 1.64 bits per heavy atom. The van der Waals surface area contributed by atoms with Crippen molar-refractivity contribution in [3.05, 3.63) is 30.3 Å². The van der Waals surface area contributed by atoms with Gasteiger partial charge in [-0.2, -0.15) is 0 Å². The SMILES string of the molecule is COC(C)(C)CCOC(C)(C)CCCP(O)c1ccccc1. The molecule has 0 saturated carbocycles. The van der Waals surface area contributed by atoms with Crippen LogP contribution in [0, 0.1) is 0 Å². The lowest BCUT2D eigenvalue weighted by molar-refractivity contribution is -0.0612. The fourth-order valence-corrected chi connectivity index (χ4v) is 3.36. The second kappa shape index (κ2) is 8.98. The van der Waals surface area contributed by atoms with Gasteiger partial charge in [-0.3, -0.25) is 0 Å². The summed E-state index contributed by atoms with van der Waals surface area (Å²) in [4.78, 5) is 10.2. The number of benzene rings is 1. The number of rotatable bonds is 10. The summed E-state index contributed by atoms with van der Waals surface area (Å²) in [5, 5.41) is 1.05. The standard InChI is InChI=1S/C18H31O3P/c1-17(2,20-5)13-14-21-18(3,4)12-9-15-22(19)16-10-7-6-8-11-16/h6-8,10-11,19H,9,12-15H2,1-5H3. The highest BCUT2D eigenvalue weighted by atomic mass is 31.1. The molecule has 1 aromatic rings. The van der Waals surface area contributed by atoms with Gasteiger partial charge in [-0.25, -0.2) is 0 Å². The van der Waals surface area contributed by atoms with E-state index in [1.807, 2.05) is 30.3 Å². The quantitative estimate of drug-likeness (QED) is 0.658. The Balaban J connectivity index is 2.27. The number of methoxy groups -OCH3 is 1. The summed E-state index contributed by atoms with van der Waals surface area (Å²) in [5.41, 5.74) is -0.292. The predicted octanol–water partition coefficient (Wildman–Crippen LogP) is 4.09. The van der Waals surface area contributed by atoms with Crippen LogP contribution >= 0.6 is 8.15 Å². The van der Waals surface area contributed by atoms with Crippen LogP contribution < -0.4 is 5.30 Å². The molecule has 0 aliphatic rings. The van der Waals surface area contributed by atoms with Gasteiger partial charge in [-0.05, 0) is 53.1 Å². The first kappa shape index (κ1) is 19.6. The van der Waals surface area contributed by atoms with Gasteiger partial charge in [0.2, 0.25) is 0 Å². The molecule has 3 nitrogen and oxygen atoms in total. The molecule has 0 bridgehead atoms. The molecule has 0 aliphatic heterocycles. The molecule has 0 saturated heterocycles. The molecule has 1 N–H and O–H groups in total. The van der Waals surface area contributed by atoms with Crippen molar-refractivity contribution in [3.8, 4) is 0 Å². The van der Waals surface area contributed by atoms with E-state index in [1.165, 1.54) is 0 Å². The minimum atomic E-state index is -1.04. The highest BCUT2D eigenvalue weighted by Crippen LogP contribution is 2.31. The fraction of sp³-hybridized carbons (Fsp3) is 0.667. The molecule has 0 spiro atoms. The number of hydrogen-bond donors (Lipinski definition) is 1. The molecule has 1 rings (SSSR count). The molecular weight excluding hydrogens is 295 g/mol. The Bertz CT molecular complexity index is 418. The molecule has 0 aliphatic carbocycles. The average Bonchev–Trinajstić information content (AvgIpc) is 2.47. The van der Waals surface area contributed by atoms with E-state index >= 15 is 0 Å². The van der Waals surface area contributed by atoms with Crippen LogP contribution in [0.3, 0.4) is 0 Å². The molecule has 0 fully saturated rings. The van der Waals surface area contributed by atoms with E-state index in [1.54, 1.807) is 7.11 Å². The van der Waals surface area contributed by atoms with Crippen molar-refractivity contribution >= 4 is 13.5 Å². The van der Waals surface area contributed by atoms with Crippen molar-refractivity contribution < 1.29 is 14.4 Å². The molecule has 0 heterocycles. The fourth-order valence-electron chi connectivity index (χ4n) is 2.13. The topological polar surface area (TPSA) is 38.7 Å². The van der Waals surface area contributed by atoms with Crippen molar-refractivity contribution in [3.63, 3.8) is 0 Å². The lowest BCUT2D eigenvalue weighted by Gasteiger charge is -2.29. The highest BCUT2D eigenvalue weighted by molar-refractivity contribution is 7.59. The van der Waals surface area contributed by atoms with Gasteiger partial charge in [-0.1, -0.05) is 30.3 Å². The normalized spacial score (nSPS) is 14.1. The summed E-state index contributed by atoms with van der Waals surface area (Å²) < 4.78 is 11.4. The average molecular weight is 326 g/mol. The second-order valence-electron chi connectivity index (χ2n) is 6.88. The maximum atomic E-state index is 10.2. The Morgan fingerprint density at radius 3 is 2.23 bits per heavy atom. The summed E-state index contributed by atoms with van der Waals surface area (Å²) in [6, 6.07) is 9.93. The smallest absolute Gasteiger partial charge is 0.0644 e. The van der Waals surface area contributed by atoms with Crippen LogP contribution in [0.1, 0.15) is 47.0 Å². The van der Waals surface area contributed by atoms with Crippen LogP contribution in [0.2, 0.25) is 0 Å². The molecule has 126 valence electrons.